The molecule has 1 aromatic heterocycles. The molecule has 0 fully saturated rings. The maximum atomic E-state index is 11.1. The third kappa shape index (κ3) is 1.95. The number of aromatic nitrogens is 2. The fourth-order valence-corrected chi connectivity index (χ4v) is 2.43. The van der Waals surface area contributed by atoms with Crippen molar-refractivity contribution in [1.29, 1.82) is 0 Å². The average Bonchev–Trinajstić information content (AvgIpc) is 2.91. The third-order valence-electron chi connectivity index (χ3n) is 3.36. The van der Waals surface area contributed by atoms with Gasteiger partial charge in [0.2, 0.25) is 0 Å². The summed E-state index contributed by atoms with van der Waals surface area (Å²) in [5.74, 6) is -1.00. The summed E-state index contributed by atoms with van der Waals surface area (Å²) in [5, 5.41) is 15.5. The zero-order valence-corrected chi connectivity index (χ0v) is 11.1. The van der Waals surface area contributed by atoms with Gasteiger partial charge in [0.25, 0.3) is 0 Å². The van der Waals surface area contributed by atoms with Crippen LogP contribution < -0.4 is 0 Å². The summed E-state index contributed by atoms with van der Waals surface area (Å²) in [6.07, 6.45) is 0. The van der Waals surface area contributed by atoms with Gasteiger partial charge >= 0.3 is 5.97 Å². The number of carbonyl (C=O) groups is 1. The minimum Gasteiger partial charge on any atom is -0.476 e. The number of rotatable bonds is 3. The summed E-state index contributed by atoms with van der Waals surface area (Å²) in [4.78, 5) is 11.1. The van der Waals surface area contributed by atoms with Crippen molar-refractivity contribution in [3.05, 3.63) is 54.2 Å². The van der Waals surface area contributed by atoms with Crippen LogP contribution in [0.5, 0.6) is 0 Å². The van der Waals surface area contributed by atoms with Gasteiger partial charge < -0.3 is 5.11 Å². The van der Waals surface area contributed by atoms with Crippen LogP contribution >= 0.6 is 0 Å². The number of hydrogen-bond acceptors (Lipinski definition) is 2. The van der Waals surface area contributed by atoms with Crippen molar-refractivity contribution >= 4 is 16.7 Å². The molecule has 20 heavy (non-hydrogen) atoms. The minimum absolute atomic E-state index is 0.0785. The van der Waals surface area contributed by atoms with E-state index in [2.05, 4.69) is 5.10 Å². The number of nitrogens with zero attached hydrogens (tertiary/aromatic N) is 2. The van der Waals surface area contributed by atoms with Crippen molar-refractivity contribution < 1.29 is 9.90 Å². The average molecular weight is 266 g/mol. The van der Waals surface area contributed by atoms with Crippen molar-refractivity contribution in [3.8, 4) is 11.3 Å². The monoisotopic (exact) mass is 266 g/mol. The Labute approximate surface area is 116 Å². The molecule has 0 radical (unpaired) electrons. The van der Waals surface area contributed by atoms with E-state index < -0.39 is 5.97 Å². The van der Waals surface area contributed by atoms with Gasteiger partial charge in [0.15, 0.2) is 5.69 Å². The first-order valence-electron chi connectivity index (χ1n) is 6.50. The number of fused-ring (bicyclic) bond motifs is 1. The minimum atomic E-state index is -1.00. The highest BCUT2D eigenvalue weighted by Crippen LogP contribution is 2.29. The number of carboxylic acids is 1. The Hall–Kier alpha value is -2.62. The Bertz CT molecular complexity index is 785. The maximum Gasteiger partial charge on any atom is 0.356 e. The van der Waals surface area contributed by atoms with Gasteiger partial charge in [-0.15, -0.1) is 0 Å². The van der Waals surface area contributed by atoms with Gasteiger partial charge in [-0.05, 0) is 23.8 Å². The number of carboxylic acid groups (broad SMARTS) is 1. The largest absolute Gasteiger partial charge is 0.476 e. The molecule has 1 heterocycles. The van der Waals surface area contributed by atoms with Crippen LogP contribution in [-0.2, 0) is 6.54 Å². The summed E-state index contributed by atoms with van der Waals surface area (Å²) in [6, 6.07) is 15.7. The van der Waals surface area contributed by atoms with Crippen LogP contribution in [0.1, 0.15) is 17.4 Å². The van der Waals surface area contributed by atoms with Gasteiger partial charge in [-0.2, -0.15) is 5.10 Å². The summed E-state index contributed by atoms with van der Waals surface area (Å²) in [5.41, 5.74) is 1.92. The van der Waals surface area contributed by atoms with Gasteiger partial charge in [0.05, 0.1) is 5.69 Å². The van der Waals surface area contributed by atoms with Crippen molar-refractivity contribution in [2.75, 3.05) is 0 Å². The van der Waals surface area contributed by atoms with E-state index in [0.717, 1.165) is 22.0 Å². The predicted molar refractivity (Wildman–Crippen MR) is 77.8 cm³/mol. The second-order valence-electron chi connectivity index (χ2n) is 4.56. The van der Waals surface area contributed by atoms with Crippen LogP contribution in [-0.4, -0.2) is 20.9 Å². The molecule has 3 rings (SSSR count). The van der Waals surface area contributed by atoms with E-state index in [1.165, 1.54) is 0 Å². The van der Waals surface area contributed by atoms with E-state index in [0.29, 0.717) is 6.54 Å². The van der Waals surface area contributed by atoms with Crippen molar-refractivity contribution in [1.82, 2.24) is 9.78 Å². The first-order valence-corrected chi connectivity index (χ1v) is 6.50. The van der Waals surface area contributed by atoms with E-state index in [4.69, 9.17) is 5.11 Å². The molecule has 0 aliphatic rings. The third-order valence-corrected chi connectivity index (χ3v) is 3.36. The Morgan fingerprint density at radius 1 is 1.20 bits per heavy atom. The Morgan fingerprint density at radius 2 is 1.95 bits per heavy atom. The number of aryl methyl sites for hydroxylation is 1. The lowest BCUT2D eigenvalue weighted by Gasteiger charge is -2.08. The molecule has 0 spiro atoms. The molecule has 0 aliphatic carbocycles. The van der Waals surface area contributed by atoms with Crippen LogP contribution in [0.25, 0.3) is 22.0 Å². The fraction of sp³-hybridized carbons (Fsp3) is 0.125. The quantitative estimate of drug-likeness (QED) is 0.790. The molecule has 100 valence electrons. The second-order valence-corrected chi connectivity index (χ2v) is 4.56. The van der Waals surface area contributed by atoms with E-state index in [-0.39, 0.29) is 5.69 Å². The van der Waals surface area contributed by atoms with Crippen LogP contribution in [0.2, 0.25) is 0 Å². The molecular formula is C16H14N2O2. The molecule has 4 nitrogen and oxygen atoms in total. The van der Waals surface area contributed by atoms with Crippen LogP contribution in [0.3, 0.4) is 0 Å². The molecule has 2 aromatic carbocycles. The predicted octanol–water partition coefficient (Wildman–Crippen LogP) is 3.42. The topological polar surface area (TPSA) is 55.1 Å². The molecule has 3 aromatic rings. The van der Waals surface area contributed by atoms with Crippen LogP contribution in [0.4, 0.5) is 0 Å². The summed E-state index contributed by atoms with van der Waals surface area (Å²) < 4.78 is 1.73. The van der Waals surface area contributed by atoms with E-state index in [1.807, 2.05) is 49.4 Å². The molecule has 0 atom stereocenters. The van der Waals surface area contributed by atoms with Crippen LogP contribution in [0.15, 0.2) is 48.5 Å². The van der Waals surface area contributed by atoms with E-state index in [1.54, 1.807) is 10.7 Å². The molecule has 0 aliphatic heterocycles. The van der Waals surface area contributed by atoms with Gasteiger partial charge in [-0.3, -0.25) is 4.68 Å². The van der Waals surface area contributed by atoms with E-state index >= 15 is 0 Å². The fourth-order valence-electron chi connectivity index (χ4n) is 2.43. The summed E-state index contributed by atoms with van der Waals surface area (Å²) in [7, 11) is 0. The number of hydrogen-bond donors (Lipinski definition) is 1. The SMILES string of the molecule is CCn1nc(C(=O)O)cc1-c1cccc2ccccc12. The van der Waals surface area contributed by atoms with Crippen molar-refractivity contribution in [3.63, 3.8) is 0 Å². The standard InChI is InChI=1S/C16H14N2O2/c1-2-18-15(10-14(17-18)16(19)20)13-9-5-7-11-6-3-4-8-12(11)13/h3-10H,2H2,1H3,(H,19,20). The van der Waals surface area contributed by atoms with Crippen molar-refractivity contribution in [2.24, 2.45) is 0 Å². The molecule has 4 heteroatoms. The molecule has 0 saturated carbocycles. The number of benzene rings is 2. The molecular weight excluding hydrogens is 252 g/mol. The maximum absolute atomic E-state index is 11.1. The zero-order chi connectivity index (χ0) is 14.1. The summed E-state index contributed by atoms with van der Waals surface area (Å²) in [6.45, 7) is 2.58. The lowest BCUT2D eigenvalue weighted by atomic mass is 10.0. The Kier molecular flexibility index (Phi) is 2.99. The molecule has 0 unspecified atom stereocenters. The van der Waals surface area contributed by atoms with Crippen LogP contribution in [0, 0.1) is 0 Å². The highest BCUT2D eigenvalue weighted by Gasteiger charge is 2.15. The number of aromatic carboxylic acids is 1. The molecule has 0 saturated heterocycles. The lowest BCUT2D eigenvalue weighted by Crippen LogP contribution is -2.02. The molecule has 0 amide bonds. The second kappa shape index (κ2) is 4.81. The Balaban J connectivity index is 2.28. The highest BCUT2D eigenvalue weighted by molar-refractivity contribution is 5.97. The van der Waals surface area contributed by atoms with Gasteiger partial charge in [-0.25, -0.2) is 4.79 Å². The Morgan fingerprint density at radius 3 is 2.70 bits per heavy atom. The highest BCUT2D eigenvalue weighted by atomic mass is 16.4. The zero-order valence-electron chi connectivity index (χ0n) is 11.1. The van der Waals surface area contributed by atoms with Crippen molar-refractivity contribution in [2.45, 2.75) is 13.5 Å². The smallest absolute Gasteiger partial charge is 0.356 e. The first kappa shape index (κ1) is 12.4. The normalized spacial score (nSPS) is 10.8. The lowest BCUT2D eigenvalue weighted by molar-refractivity contribution is 0.0689. The first-order chi connectivity index (χ1) is 9.70. The molecule has 1 N–H and O–H groups in total. The van der Waals surface area contributed by atoms with Gasteiger partial charge in [0, 0.05) is 12.1 Å². The van der Waals surface area contributed by atoms with Gasteiger partial charge in [0.1, 0.15) is 0 Å². The van der Waals surface area contributed by atoms with E-state index in [9.17, 15) is 4.79 Å². The van der Waals surface area contributed by atoms with Gasteiger partial charge in [-0.1, -0.05) is 42.5 Å². The summed E-state index contributed by atoms with van der Waals surface area (Å²) >= 11 is 0. The molecule has 0 bridgehead atoms.